The van der Waals surface area contributed by atoms with E-state index in [1.54, 1.807) is 0 Å². The van der Waals surface area contributed by atoms with Crippen molar-refractivity contribution in [3.8, 4) is 17.1 Å². The molecule has 12 aromatic rings. The second kappa shape index (κ2) is 15.4. The normalized spacial score (nSPS) is 14.5. The minimum atomic E-state index is -0.0483. The Kier molecular flexibility index (Phi) is 9.39. The lowest BCUT2D eigenvalue weighted by Crippen LogP contribution is -2.25. The van der Waals surface area contributed by atoms with Crippen LogP contribution in [0.1, 0.15) is 128 Å². The van der Waals surface area contributed by atoms with Crippen molar-refractivity contribution in [3.63, 3.8) is 0 Å². The summed E-state index contributed by atoms with van der Waals surface area (Å²) >= 11 is 0. The van der Waals surface area contributed by atoms with Crippen molar-refractivity contribution in [1.29, 1.82) is 0 Å². The van der Waals surface area contributed by atoms with Crippen LogP contribution in [-0.2, 0) is 21.7 Å². The lowest BCUT2D eigenvalue weighted by Gasteiger charge is -2.39. The highest BCUT2D eigenvalue weighted by Crippen LogP contribution is 2.59. The minimum absolute atomic E-state index is 0.0167. The quantitative estimate of drug-likeness (QED) is 0.172. The van der Waals surface area contributed by atoms with E-state index in [-0.39, 0.29) is 27.6 Å². The van der Waals surface area contributed by atoms with E-state index in [9.17, 15) is 0 Å². The van der Waals surface area contributed by atoms with Gasteiger partial charge in [-0.2, -0.15) is 0 Å². The Morgan fingerprint density at radius 2 is 0.733 bits per heavy atom. The lowest BCUT2D eigenvalue weighted by molar-refractivity contribution is 0.590. The maximum absolute atomic E-state index is 2.68. The number of benzene rings is 9. The molecule has 75 heavy (non-hydrogen) atoms. The van der Waals surface area contributed by atoms with Crippen molar-refractivity contribution in [2.75, 3.05) is 4.90 Å². The van der Waals surface area contributed by atoms with E-state index in [1.165, 1.54) is 116 Å². The molecule has 3 aromatic heterocycles. The fourth-order valence-corrected chi connectivity index (χ4v) is 13.1. The summed E-state index contributed by atoms with van der Waals surface area (Å²) in [5.41, 5.74) is 23.5. The van der Waals surface area contributed by atoms with Gasteiger partial charge in [0.2, 0.25) is 0 Å². The Labute approximate surface area is 441 Å². The summed E-state index contributed by atoms with van der Waals surface area (Å²) in [5, 5.41) is 7.65. The van der Waals surface area contributed by atoms with Crippen LogP contribution in [0.15, 0.2) is 176 Å². The molecule has 9 aromatic carbocycles. The van der Waals surface area contributed by atoms with E-state index in [4.69, 9.17) is 0 Å². The number of para-hydroxylation sites is 4. The maximum atomic E-state index is 2.68. The monoisotopic (exact) mass is 975 g/mol. The maximum Gasteiger partial charge on any atom is 0.0951 e. The minimum Gasteiger partial charge on any atom is -0.308 e. The Morgan fingerprint density at radius 1 is 0.333 bits per heavy atom. The summed E-state index contributed by atoms with van der Waals surface area (Å²) < 4.78 is 7.98. The van der Waals surface area contributed by atoms with Gasteiger partial charge in [0.05, 0.1) is 55.8 Å². The first kappa shape index (κ1) is 45.8. The third kappa shape index (κ3) is 6.54. The van der Waals surface area contributed by atoms with Gasteiger partial charge in [0.25, 0.3) is 0 Å². The molecule has 4 heteroatoms. The molecule has 2 aliphatic rings. The fourth-order valence-electron chi connectivity index (χ4n) is 13.1. The first-order chi connectivity index (χ1) is 35.8. The van der Waals surface area contributed by atoms with Crippen LogP contribution in [0, 0.1) is 0 Å². The molecule has 0 N–H and O–H groups in total. The van der Waals surface area contributed by atoms with E-state index in [2.05, 4.69) is 278 Å². The van der Waals surface area contributed by atoms with Gasteiger partial charge < -0.3 is 18.6 Å². The molecule has 14 rings (SSSR count). The van der Waals surface area contributed by atoms with Gasteiger partial charge in [0, 0.05) is 55.2 Å². The molecule has 1 atom stereocenters. The number of nitrogens with zero attached hydrogens (tertiary/aromatic N) is 4. The van der Waals surface area contributed by atoms with Crippen molar-refractivity contribution in [2.45, 2.75) is 111 Å². The fraction of sp³-hybridized carbons (Fsp3) is 0.239. The third-order valence-corrected chi connectivity index (χ3v) is 17.0. The van der Waals surface area contributed by atoms with E-state index < -0.39 is 0 Å². The van der Waals surface area contributed by atoms with Crippen LogP contribution in [-0.4, -0.2) is 13.7 Å². The van der Waals surface area contributed by atoms with Crippen LogP contribution in [0.3, 0.4) is 0 Å². The summed E-state index contributed by atoms with van der Waals surface area (Å²) in [6, 6.07) is 68.4. The molecule has 4 nitrogen and oxygen atoms in total. The molecule has 0 aliphatic carbocycles. The van der Waals surface area contributed by atoms with Gasteiger partial charge in [-0.3, -0.25) is 0 Å². The van der Waals surface area contributed by atoms with E-state index in [0.29, 0.717) is 0 Å². The van der Waals surface area contributed by atoms with Crippen molar-refractivity contribution in [2.24, 2.45) is 0 Å². The Bertz CT molecular complexity index is 4240. The third-order valence-electron chi connectivity index (χ3n) is 17.0. The molecule has 1 unspecified atom stereocenters. The van der Waals surface area contributed by atoms with Crippen LogP contribution in [0.4, 0.5) is 17.1 Å². The van der Waals surface area contributed by atoms with Gasteiger partial charge in [-0.05, 0) is 122 Å². The number of hydrogen-bond donors (Lipinski definition) is 0. The lowest BCUT2D eigenvalue weighted by atomic mass is 9.77. The van der Waals surface area contributed by atoms with Crippen LogP contribution in [0.2, 0.25) is 0 Å². The first-order valence-electron chi connectivity index (χ1n) is 27.1. The highest BCUT2D eigenvalue weighted by molar-refractivity contribution is 6.17. The zero-order valence-electron chi connectivity index (χ0n) is 45.6. The summed E-state index contributed by atoms with van der Waals surface area (Å²) in [6.45, 7) is 27.9. The highest BCUT2D eigenvalue weighted by Gasteiger charge is 2.42. The van der Waals surface area contributed by atoms with Crippen molar-refractivity contribution in [1.82, 2.24) is 13.7 Å². The number of hydrogen-bond acceptors (Lipinski definition) is 1. The standard InChI is InChI=1S/C71H66N4/c1-68(2,3)42-27-33-46(34-28-42)72(47-35-29-43(30-36-47)69(4,5)6)61-41-60-63-62(52-23-17-21-50-48-19-13-15-25-56(48)74(60)64(50)52)53-24-18-22-51-49-20-14-16-26-57(49)75(65(51)53)67(63)66(61)73-58-37-31-44(70(7,8)9)39-54(58)55-40-45(71(10,11)12)32-38-59(55)73/h13-41,62H,1-12H3. The largest absolute Gasteiger partial charge is 0.308 e. The zero-order valence-corrected chi connectivity index (χ0v) is 45.6. The number of rotatable bonds is 4. The van der Waals surface area contributed by atoms with Gasteiger partial charge in [-0.1, -0.05) is 192 Å². The van der Waals surface area contributed by atoms with Crippen LogP contribution >= 0.6 is 0 Å². The topological polar surface area (TPSA) is 18.0 Å². The predicted octanol–water partition coefficient (Wildman–Crippen LogP) is 19.4. The molecule has 0 spiro atoms. The number of aromatic nitrogens is 3. The summed E-state index contributed by atoms with van der Waals surface area (Å²) in [5.74, 6) is -0.0394. The average Bonchev–Trinajstić information content (AvgIpc) is 4.18. The molecule has 0 amide bonds. The first-order valence-corrected chi connectivity index (χ1v) is 27.1. The Morgan fingerprint density at radius 3 is 1.20 bits per heavy atom. The van der Waals surface area contributed by atoms with Crippen LogP contribution < -0.4 is 4.90 Å². The smallest absolute Gasteiger partial charge is 0.0951 e. The predicted molar refractivity (Wildman–Crippen MR) is 320 cm³/mol. The molecule has 370 valence electrons. The van der Waals surface area contributed by atoms with Gasteiger partial charge in [-0.15, -0.1) is 0 Å². The van der Waals surface area contributed by atoms with Crippen molar-refractivity contribution in [3.05, 3.63) is 215 Å². The molecule has 2 aliphatic heterocycles. The Balaban J connectivity index is 1.25. The van der Waals surface area contributed by atoms with Gasteiger partial charge in [0.15, 0.2) is 0 Å². The van der Waals surface area contributed by atoms with Crippen LogP contribution in [0.25, 0.3) is 82.5 Å². The second-order valence-electron chi connectivity index (χ2n) is 25.9. The number of anilines is 3. The van der Waals surface area contributed by atoms with Crippen molar-refractivity contribution < 1.29 is 0 Å². The van der Waals surface area contributed by atoms with Crippen molar-refractivity contribution >= 4 is 82.5 Å². The van der Waals surface area contributed by atoms with Crippen LogP contribution in [0.5, 0.6) is 0 Å². The zero-order chi connectivity index (χ0) is 51.8. The molecule has 0 saturated carbocycles. The molecule has 0 fully saturated rings. The average molecular weight is 975 g/mol. The second-order valence-corrected chi connectivity index (χ2v) is 25.9. The summed E-state index contributed by atoms with van der Waals surface area (Å²) in [4.78, 5) is 2.58. The van der Waals surface area contributed by atoms with Gasteiger partial charge in [0.1, 0.15) is 0 Å². The van der Waals surface area contributed by atoms with E-state index in [0.717, 1.165) is 22.7 Å². The SMILES string of the molecule is CC(C)(C)c1ccc(N(c2ccc(C(C)(C)C)cc2)c2cc3c4c(c2-n2c5ccc(C(C)(C)C)cc5c5cc(C(C)(C)C)ccc52)-n2c5ccccc5c5cccc(c52)C4c2cccc4c5ccccc5n-3c24)cc1. The molecular formula is C71H66N4. The molecule has 0 radical (unpaired) electrons. The van der Waals surface area contributed by atoms with E-state index >= 15 is 0 Å². The Hall–Kier alpha value is -7.82. The van der Waals surface area contributed by atoms with Gasteiger partial charge >= 0.3 is 0 Å². The molecule has 0 saturated heterocycles. The molecule has 5 heterocycles. The highest BCUT2D eigenvalue weighted by atomic mass is 15.2. The van der Waals surface area contributed by atoms with Gasteiger partial charge in [-0.25, -0.2) is 0 Å². The van der Waals surface area contributed by atoms with E-state index in [1.807, 2.05) is 0 Å². The number of fused-ring (bicyclic) bond motifs is 13. The molecule has 0 bridgehead atoms. The molecular weight excluding hydrogens is 909 g/mol. The summed E-state index contributed by atoms with van der Waals surface area (Å²) in [7, 11) is 0. The summed E-state index contributed by atoms with van der Waals surface area (Å²) in [6.07, 6.45) is 0.